The highest BCUT2D eigenvalue weighted by molar-refractivity contribution is 5.76. The van der Waals surface area contributed by atoms with Gasteiger partial charge in [-0.15, -0.1) is 0 Å². The Balaban J connectivity index is 1.73. The summed E-state index contributed by atoms with van der Waals surface area (Å²) in [5.74, 6) is 0.947. The molecule has 7 nitrogen and oxygen atoms in total. The number of alkyl halides is 3. The Kier molecular flexibility index (Phi) is 7.93. The maximum Gasteiger partial charge on any atom is 0.416 e. The minimum absolute atomic E-state index is 0.0279. The van der Waals surface area contributed by atoms with Crippen LogP contribution in [0.15, 0.2) is 36.4 Å². The third-order valence-corrected chi connectivity index (χ3v) is 5.54. The van der Waals surface area contributed by atoms with Crippen LogP contribution in [-0.2, 0) is 23.9 Å². The number of methoxy groups -OCH3 is 3. The summed E-state index contributed by atoms with van der Waals surface area (Å²) in [5.41, 5.74) is 1.61. The predicted molar refractivity (Wildman–Crippen MR) is 124 cm³/mol. The van der Waals surface area contributed by atoms with Crippen molar-refractivity contribution in [1.29, 1.82) is 0 Å². The van der Waals surface area contributed by atoms with Crippen LogP contribution in [0.3, 0.4) is 0 Å². The standard InChI is InChI=1S/C25H28F3N3O4/c1-15-12-16(2)31(30-15)19-9-6-18(20(13-19)25(26,27)28)14-29-22(32)11-8-17-7-10-21(33-3)24(35-5)23(17)34-4/h6-7,9-10,12-13H,8,11,14H2,1-5H3,(H,29,32). The van der Waals surface area contributed by atoms with Gasteiger partial charge in [0.15, 0.2) is 11.5 Å². The zero-order valence-corrected chi connectivity index (χ0v) is 20.2. The van der Waals surface area contributed by atoms with E-state index in [2.05, 4.69) is 10.4 Å². The number of amides is 1. The number of aryl methyl sites for hydroxylation is 3. The molecule has 188 valence electrons. The number of carbonyl (C=O) groups is 1. The summed E-state index contributed by atoms with van der Waals surface area (Å²) in [6, 6.07) is 9.22. The fraction of sp³-hybridized carbons (Fsp3) is 0.360. The molecule has 35 heavy (non-hydrogen) atoms. The molecular formula is C25H28F3N3O4. The van der Waals surface area contributed by atoms with Crippen LogP contribution in [0.4, 0.5) is 13.2 Å². The zero-order chi connectivity index (χ0) is 25.8. The molecule has 1 N–H and O–H groups in total. The second-order valence-electron chi connectivity index (χ2n) is 7.95. The van der Waals surface area contributed by atoms with E-state index in [9.17, 15) is 18.0 Å². The number of nitrogens with one attached hydrogen (secondary N) is 1. The number of rotatable bonds is 9. The highest BCUT2D eigenvalue weighted by Gasteiger charge is 2.34. The Morgan fingerprint density at radius 1 is 0.971 bits per heavy atom. The number of aromatic nitrogens is 2. The van der Waals surface area contributed by atoms with Crippen molar-refractivity contribution in [3.63, 3.8) is 0 Å². The van der Waals surface area contributed by atoms with E-state index in [0.29, 0.717) is 40.6 Å². The van der Waals surface area contributed by atoms with Crippen LogP contribution in [0.1, 0.15) is 34.5 Å². The van der Waals surface area contributed by atoms with Gasteiger partial charge in [-0.05, 0) is 55.7 Å². The molecule has 1 amide bonds. The average Bonchev–Trinajstić information content (AvgIpc) is 3.17. The Morgan fingerprint density at radius 3 is 2.23 bits per heavy atom. The molecule has 0 spiro atoms. The third kappa shape index (κ3) is 5.87. The van der Waals surface area contributed by atoms with Crippen LogP contribution in [-0.4, -0.2) is 37.0 Å². The summed E-state index contributed by atoms with van der Waals surface area (Å²) in [7, 11) is 4.47. The van der Waals surface area contributed by atoms with Crippen molar-refractivity contribution in [2.45, 2.75) is 39.4 Å². The Morgan fingerprint density at radius 2 is 1.66 bits per heavy atom. The lowest BCUT2D eigenvalue weighted by Crippen LogP contribution is -2.25. The SMILES string of the molecule is COc1ccc(CCC(=O)NCc2ccc(-n3nc(C)cc3C)cc2C(F)(F)F)c(OC)c1OC. The molecule has 0 atom stereocenters. The van der Waals surface area contributed by atoms with E-state index >= 15 is 0 Å². The van der Waals surface area contributed by atoms with E-state index in [1.807, 2.05) is 0 Å². The molecule has 10 heteroatoms. The van der Waals surface area contributed by atoms with Gasteiger partial charge in [0, 0.05) is 18.7 Å². The molecular weight excluding hydrogens is 463 g/mol. The first-order valence-corrected chi connectivity index (χ1v) is 10.9. The lowest BCUT2D eigenvalue weighted by Gasteiger charge is -2.17. The normalized spacial score (nSPS) is 11.3. The first-order valence-electron chi connectivity index (χ1n) is 10.9. The summed E-state index contributed by atoms with van der Waals surface area (Å²) in [5, 5.41) is 6.84. The Bertz CT molecular complexity index is 1210. The fourth-order valence-electron chi connectivity index (χ4n) is 3.89. The van der Waals surface area contributed by atoms with Crippen LogP contribution >= 0.6 is 0 Å². The topological polar surface area (TPSA) is 74.6 Å². The Hall–Kier alpha value is -3.69. The number of benzene rings is 2. The predicted octanol–water partition coefficient (Wildman–Crippen LogP) is 4.78. The van der Waals surface area contributed by atoms with Crippen LogP contribution in [0.2, 0.25) is 0 Å². The summed E-state index contributed by atoms with van der Waals surface area (Å²) in [6.45, 7) is 3.29. The molecule has 0 aliphatic carbocycles. The first kappa shape index (κ1) is 25.9. The number of halogens is 3. The molecule has 1 aromatic heterocycles. The number of hydrogen-bond acceptors (Lipinski definition) is 5. The van der Waals surface area contributed by atoms with Crippen LogP contribution < -0.4 is 19.5 Å². The van der Waals surface area contributed by atoms with Crippen molar-refractivity contribution in [3.8, 4) is 22.9 Å². The van der Waals surface area contributed by atoms with E-state index in [-0.39, 0.29) is 18.5 Å². The van der Waals surface area contributed by atoms with Crippen LogP contribution in [0.25, 0.3) is 5.69 Å². The van der Waals surface area contributed by atoms with Gasteiger partial charge >= 0.3 is 6.18 Å². The van der Waals surface area contributed by atoms with E-state index in [4.69, 9.17) is 14.2 Å². The minimum atomic E-state index is -4.58. The molecule has 0 radical (unpaired) electrons. The Labute approximate surface area is 201 Å². The molecule has 0 unspecified atom stereocenters. The monoisotopic (exact) mass is 491 g/mol. The molecule has 3 aromatic rings. The van der Waals surface area contributed by atoms with Gasteiger partial charge in [0.2, 0.25) is 11.7 Å². The van der Waals surface area contributed by atoms with Gasteiger partial charge in [0.25, 0.3) is 0 Å². The van der Waals surface area contributed by atoms with Crippen molar-refractivity contribution >= 4 is 5.91 Å². The van der Waals surface area contributed by atoms with Crippen molar-refractivity contribution in [3.05, 3.63) is 64.5 Å². The molecule has 3 rings (SSSR count). The maximum absolute atomic E-state index is 13.8. The highest BCUT2D eigenvalue weighted by atomic mass is 19.4. The molecule has 0 fully saturated rings. The largest absolute Gasteiger partial charge is 0.493 e. The van der Waals surface area contributed by atoms with Crippen molar-refractivity contribution < 1.29 is 32.2 Å². The summed E-state index contributed by atoms with van der Waals surface area (Å²) >= 11 is 0. The lowest BCUT2D eigenvalue weighted by atomic mass is 10.0. The summed E-state index contributed by atoms with van der Waals surface area (Å²) in [4.78, 5) is 12.5. The van der Waals surface area contributed by atoms with Crippen molar-refractivity contribution in [1.82, 2.24) is 15.1 Å². The number of ether oxygens (including phenoxy) is 3. The van der Waals surface area contributed by atoms with E-state index in [1.165, 1.54) is 32.1 Å². The van der Waals surface area contributed by atoms with Gasteiger partial charge in [-0.25, -0.2) is 4.68 Å². The van der Waals surface area contributed by atoms with Crippen molar-refractivity contribution in [2.75, 3.05) is 21.3 Å². The molecule has 0 aliphatic heterocycles. The van der Waals surface area contributed by atoms with Gasteiger partial charge in [0.1, 0.15) is 0 Å². The van der Waals surface area contributed by atoms with Gasteiger partial charge in [-0.2, -0.15) is 18.3 Å². The summed E-state index contributed by atoms with van der Waals surface area (Å²) < 4.78 is 58.8. The van der Waals surface area contributed by atoms with Crippen LogP contribution in [0, 0.1) is 13.8 Å². The van der Waals surface area contributed by atoms with Gasteiger partial charge in [-0.1, -0.05) is 12.1 Å². The maximum atomic E-state index is 13.8. The zero-order valence-electron chi connectivity index (χ0n) is 20.2. The molecule has 2 aromatic carbocycles. The first-order chi connectivity index (χ1) is 16.6. The molecule has 0 bridgehead atoms. The highest BCUT2D eigenvalue weighted by Crippen LogP contribution is 2.40. The van der Waals surface area contributed by atoms with Gasteiger partial charge in [0.05, 0.1) is 38.3 Å². The molecule has 1 heterocycles. The van der Waals surface area contributed by atoms with Gasteiger partial charge < -0.3 is 19.5 Å². The second kappa shape index (κ2) is 10.7. The summed E-state index contributed by atoms with van der Waals surface area (Å²) in [6.07, 6.45) is -4.23. The lowest BCUT2D eigenvalue weighted by molar-refractivity contribution is -0.138. The fourth-order valence-corrected chi connectivity index (χ4v) is 3.89. The van der Waals surface area contributed by atoms with E-state index in [0.717, 1.165) is 11.8 Å². The van der Waals surface area contributed by atoms with Crippen LogP contribution in [0.5, 0.6) is 17.2 Å². The third-order valence-electron chi connectivity index (χ3n) is 5.54. The molecule has 0 saturated heterocycles. The second-order valence-corrected chi connectivity index (χ2v) is 7.95. The van der Waals surface area contributed by atoms with Crippen molar-refractivity contribution in [2.24, 2.45) is 0 Å². The van der Waals surface area contributed by atoms with Gasteiger partial charge in [-0.3, -0.25) is 4.79 Å². The smallest absolute Gasteiger partial charge is 0.416 e. The molecule has 0 saturated carbocycles. The number of carbonyl (C=O) groups excluding carboxylic acids is 1. The minimum Gasteiger partial charge on any atom is -0.493 e. The van der Waals surface area contributed by atoms with E-state index in [1.54, 1.807) is 38.1 Å². The average molecular weight is 492 g/mol. The number of hydrogen-bond donors (Lipinski definition) is 1. The molecule has 0 aliphatic rings. The van der Waals surface area contributed by atoms with E-state index < -0.39 is 17.6 Å². The number of nitrogens with zero attached hydrogens (tertiary/aromatic N) is 2. The quantitative estimate of drug-likeness (QED) is 0.466.